The number of phenols is 2. The second-order valence-electron chi connectivity index (χ2n) is 11.1. The van der Waals surface area contributed by atoms with Gasteiger partial charge in [-0.25, -0.2) is 4.79 Å². The summed E-state index contributed by atoms with van der Waals surface area (Å²) in [6.45, 7) is 4.10. The second kappa shape index (κ2) is 14.0. The van der Waals surface area contributed by atoms with Crippen molar-refractivity contribution in [3.8, 4) is 11.5 Å². The number of non-ortho nitro benzene ring substituents is 1. The number of nitrogens with zero attached hydrogens (tertiary/aromatic N) is 1. The Kier molecular flexibility index (Phi) is 10.2. The van der Waals surface area contributed by atoms with Gasteiger partial charge in [0.25, 0.3) is 5.69 Å². The molecule has 0 heterocycles. The summed E-state index contributed by atoms with van der Waals surface area (Å²) in [5, 5.41) is 37.0. The van der Waals surface area contributed by atoms with E-state index in [1.807, 2.05) is 18.2 Å². The summed E-state index contributed by atoms with van der Waals surface area (Å²) >= 11 is 0. The van der Waals surface area contributed by atoms with Crippen molar-refractivity contribution in [2.75, 3.05) is 5.32 Å². The maximum Gasteiger partial charge on any atom is 0.408 e. The number of hydrogen-bond donors (Lipinski definition) is 4. The quantitative estimate of drug-likeness (QED) is 0.104. The van der Waals surface area contributed by atoms with E-state index in [0.29, 0.717) is 18.4 Å². The molecular formula is C33H39N3O7. The van der Waals surface area contributed by atoms with E-state index in [-0.39, 0.29) is 41.3 Å². The Hall–Kier alpha value is -4.60. The minimum atomic E-state index is -1.21. The van der Waals surface area contributed by atoms with Gasteiger partial charge >= 0.3 is 6.09 Å². The molecule has 0 saturated heterocycles. The Labute approximate surface area is 251 Å². The van der Waals surface area contributed by atoms with Gasteiger partial charge in [-0.1, -0.05) is 51.3 Å². The van der Waals surface area contributed by atoms with Crippen molar-refractivity contribution in [2.24, 2.45) is 0 Å². The van der Waals surface area contributed by atoms with Gasteiger partial charge in [-0.2, -0.15) is 0 Å². The van der Waals surface area contributed by atoms with Crippen molar-refractivity contribution >= 4 is 23.4 Å². The van der Waals surface area contributed by atoms with Crippen molar-refractivity contribution < 1.29 is 29.5 Å². The number of phenolic OH excluding ortho intramolecular Hbond substituents is 2. The van der Waals surface area contributed by atoms with Crippen molar-refractivity contribution in [1.82, 2.24) is 5.32 Å². The number of anilines is 1. The number of nitrogens with one attached hydrogen (secondary N) is 2. The molecule has 1 aliphatic rings. The van der Waals surface area contributed by atoms with E-state index >= 15 is 0 Å². The molecule has 10 heteroatoms. The molecule has 4 N–H and O–H groups in total. The fourth-order valence-corrected chi connectivity index (χ4v) is 6.01. The van der Waals surface area contributed by atoms with Crippen LogP contribution in [-0.2, 0) is 16.1 Å². The Morgan fingerprint density at radius 2 is 1.51 bits per heavy atom. The molecule has 2 atom stereocenters. The van der Waals surface area contributed by atoms with Crippen molar-refractivity contribution in [3.63, 3.8) is 0 Å². The smallest absolute Gasteiger partial charge is 0.408 e. The van der Waals surface area contributed by atoms with E-state index in [0.717, 1.165) is 43.2 Å². The molecular weight excluding hydrogens is 550 g/mol. The standard InChI is InChI=1S/C33H39N3O7/c1-3-27(23-10-15-26(37)16-11-23)28(4-2)24-12-17-30(38)29(20-24)34-31(39)33(18-6-5-7-19-33)35-32(40)43-21-22-8-13-25(14-9-22)36(41)42/h8-17,20,27-28,37-38H,3-7,18-19,21H2,1-2H3,(H,34,39)(H,35,40). The molecule has 228 valence electrons. The zero-order valence-electron chi connectivity index (χ0n) is 24.5. The van der Waals surface area contributed by atoms with Crippen LogP contribution in [0.3, 0.4) is 0 Å². The number of carbonyl (C=O) groups is 2. The highest BCUT2D eigenvalue weighted by atomic mass is 16.6. The lowest BCUT2D eigenvalue weighted by molar-refractivity contribution is -0.384. The van der Waals surface area contributed by atoms with Crippen LogP contribution in [0.4, 0.5) is 16.2 Å². The van der Waals surface area contributed by atoms with Crippen LogP contribution in [0.15, 0.2) is 66.7 Å². The molecule has 0 bridgehead atoms. The first-order valence-corrected chi connectivity index (χ1v) is 14.8. The summed E-state index contributed by atoms with van der Waals surface area (Å²) in [6, 6.07) is 18.2. The van der Waals surface area contributed by atoms with Crippen molar-refractivity contribution in [1.29, 1.82) is 0 Å². The third-order valence-corrected chi connectivity index (χ3v) is 8.38. The number of rotatable bonds is 11. The molecule has 0 spiro atoms. The molecule has 3 aromatic rings. The Morgan fingerprint density at radius 1 is 0.907 bits per heavy atom. The molecule has 0 aromatic heterocycles. The summed E-state index contributed by atoms with van der Waals surface area (Å²) in [7, 11) is 0. The summed E-state index contributed by atoms with van der Waals surface area (Å²) in [5.41, 5.74) is 1.64. The van der Waals surface area contributed by atoms with Crippen LogP contribution in [-0.4, -0.2) is 32.7 Å². The van der Waals surface area contributed by atoms with Gasteiger partial charge < -0.3 is 25.6 Å². The zero-order chi connectivity index (χ0) is 31.0. The molecule has 2 amide bonds. The first-order valence-electron chi connectivity index (χ1n) is 14.8. The van der Waals surface area contributed by atoms with Gasteiger partial charge in [0.05, 0.1) is 10.6 Å². The van der Waals surface area contributed by atoms with Crippen molar-refractivity contribution in [2.45, 2.75) is 82.8 Å². The van der Waals surface area contributed by atoms with Crippen LogP contribution in [0.5, 0.6) is 11.5 Å². The van der Waals surface area contributed by atoms with E-state index < -0.39 is 22.5 Å². The highest BCUT2D eigenvalue weighted by Crippen LogP contribution is 2.41. The molecule has 1 saturated carbocycles. The number of nitro groups is 1. The number of nitro benzene ring substituents is 1. The summed E-state index contributed by atoms with van der Waals surface area (Å²) < 4.78 is 5.37. The fourth-order valence-electron chi connectivity index (χ4n) is 6.01. The van der Waals surface area contributed by atoms with Gasteiger partial charge in [-0.05, 0) is 90.6 Å². The maximum atomic E-state index is 13.8. The van der Waals surface area contributed by atoms with Gasteiger partial charge in [0.15, 0.2) is 0 Å². The van der Waals surface area contributed by atoms with E-state index in [9.17, 15) is 29.9 Å². The molecule has 3 aromatic carbocycles. The SMILES string of the molecule is CCC(c1ccc(O)cc1)C(CC)c1ccc(O)c(NC(=O)C2(NC(=O)OCc3ccc([N+](=O)[O-])cc3)CCCCC2)c1. The van der Waals surface area contributed by atoms with Gasteiger partial charge in [-0.15, -0.1) is 0 Å². The summed E-state index contributed by atoms with van der Waals surface area (Å²) in [4.78, 5) is 37.0. The van der Waals surface area contributed by atoms with Crippen LogP contribution in [0, 0.1) is 10.1 Å². The van der Waals surface area contributed by atoms with Gasteiger partial charge in [0.1, 0.15) is 23.6 Å². The van der Waals surface area contributed by atoms with Gasteiger partial charge in [0, 0.05) is 12.1 Å². The highest BCUT2D eigenvalue weighted by Gasteiger charge is 2.42. The minimum Gasteiger partial charge on any atom is -0.508 e. The lowest BCUT2D eigenvalue weighted by Crippen LogP contribution is -2.57. The fraction of sp³-hybridized carbons (Fsp3) is 0.394. The lowest BCUT2D eigenvalue weighted by atomic mass is 9.78. The summed E-state index contributed by atoms with van der Waals surface area (Å²) in [6.07, 6.45) is 4.17. The Morgan fingerprint density at radius 3 is 2.12 bits per heavy atom. The maximum absolute atomic E-state index is 13.8. The molecule has 1 fully saturated rings. The predicted molar refractivity (Wildman–Crippen MR) is 163 cm³/mol. The molecule has 0 radical (unpaired) electrons. The van der Waals surface area contributed by atoms with Crippen LogP contribution >= 0.6 is 0 Å². The molecule has 1 aliphatic carbocycles. The number of amides is 2. The first kappa shape index (κ1) is 31.3. The van der Waals surface area contributed by atoms with Crippen LogP contribution in [0.1, 0.15) is 87.3 Å². The zero-order valence-corrected chi connectivity index (χ0v) is 24.5. The van der Waals surface area contributed by atoms with Gasteiger partial charge in [-0.3, -0.25) is 14.9 Å². The number of alkyl carbamates (subject to hydrolysis) is 1. The lowest BCUT2D eigenvalue weighted by Gasteiger charge is -2.36. The van der Waals surface area contributed by atoms with Gasteiger partial charge in [0.2, 0.25) is 5.91 Å². The number of carbonyl (C=O) groups excluding carboxylic acids is 2. The molecule has 2 unspecified atom stereocenters. The predicted octanol–water partition coefficient (Wildman–Crippen LogP) is 7.26. The van der Waals surface area contributed by atoms with Crippen LogP contribution in [0.25, 0.3) is 0 Å². The average Bonchev–Trinajstić information content (AvgIpc) is 3.01. The number of benzene rings is 3. The van der Waals surface area contributed by atoms with Crippen molar-refractivity contribution in [3.05, 3.63) is 93.5 Å². The van der Waals surface area contributed by atoms with E-state index in [1.165, 1.54) is 24.3 Å². The summed E-state index contributed by atoms with van der Waals surface area (Å²) in [5.74, 6) is -0.0267. The molecule has 4 rings (SSSR count). The van der Waals surface area contributed by atoms with E-state index in [2.05, 4.69) is 24.5 Å². The van der Waals surface area contributed by atoms with E-state index in [1.54, 1.807) is 24.3 Å². The monoisotopic (exact) mass is 589 g/mol. The Balaban J connectivity index is 1.50. The molecule has 10 nitrogen and oxygen atoms in total. The third-order valence-electron chi connectivity index (χ3n) is 8.38. The minimum absolute atomic E-state index is 0.0609. The largest absolute Gasteiger partial charge is 0.508 e. The number of hydrogen-bond acceptors (Lipinski definition) is 7. The Bertz CT molecular complexity index is 1420. The topological polar surface area (TPSA) is 151 Å². The second-order valence-corrected chi connectivity index (χ2v) is 11.1. The normalized spacial score (nSPS) is 15.6. The number of ether oxygens (including phenoxy) is 1. The van der Waals surface area contributed by atoms with Crippen LogP contribution < -0.4 is 10.6 Å². The van der Waals surface area contributed by atoms with E-state index in [4.69, 9.17) is 4.74 Å². The van der Waals surface area contributed by atoms with Crippen LogP contribution in [0.2, 0.25) is 0 Å². The molecule has 0 aliphatic heterocycles. The highest BCUT2D eigenvalue weighted by molar-refractivity contribution is 6.01. The first-order chi connectivity index (χ1) is 20.7. The molecule has 43 heavy (non-hydrogen) atoms. The number of aromatic hydroxyl groups is 2. The average molecular weight is 590 g/mol. The third kappa shape index (κ3) is 7.63.